The predicted octanol–water partition coefficient (Wildman–Crippen LogP) is 3.26. The van der Waals surface area contributed by atoms with Gasteiger partial charge >= 0.3 is 0 Å². The summed E-state index contributed by atoms with van der Waals surface area (Å²) in [5.74, 6) is 0.851. The summed E-state index contributed by atoms with van der Waals surface area (Å²) < 4.78 is 31.7. The van der Waals surface area contributed by atoms with Crippen molar-refractivity contribution in [3.05, 3.63) is 54.1 Å². The van der Waals surface area contributed by atoms with Crippen LogP contribution in [0.25, 0.3) is 0 Å². The lowest BCUT2D eigenvalue weighted by Crippen LogP contribution is -2.26. The van der Waals surface area contributed by atoms with Crippen LogP contribution in [0.5, 0.6) is 5.75 Å². The van der Waals surface area contributed by atoms with Crippen LogP contribution >= 0.6 is 11.6 Å². The van der Waals surface area contributed by atoms with Crippen LogP contribution in [-0.4, -0.2) is 22.6 Å². The molecule has 0 spiro atoms. The summed E-state index contributed by atoms with van der Waals surface area (Å²) >= 11 is 5.72. The molecule has 0 aliphatic heterocycles. The minimum Gasteiger partial charge on any atom is -0.495 e. The van der Waals surface area contributed by atoms with Crippen LogP contribution in [0.1, 0.15) is 5.56 Å². The first kappa shape index (κ1) is 15.7. The summed E-state index contributed by atoms with van der Waals surface area (Å²) in [7, 11) is -0.628. The van der Waals surface area contributed by atoms with Crippen molar-refractivity contribution < 1.29 is 13.2 Å². The van der Waals surface area contributed by atoms with Gasteiger partial charge in [-0.15, -0.1) is 11.6 Å². The average molecular weight is 326 g/mol. The van der Waals surface area contributed by atoms with E-state index in [1.165, 1.54) is 18.5 Å². The highest BCUT2D eigenvalue weighted by atomic mass is 35.5. The Morgan fingerprint density at radius 1 is 1.10 bits per heavy atom. The number of benzene rings is 2. The molecule has 4 nitrogen and oxygen atoms in total. The van der Waals surface area contributed by atoms with Gasteiger partial charge in [-0.1, -0.05) is 24.3 Å². The Bertz CT molecular complexity index is 714. The second-order valence-electron chi connectivity index (χ2n) is 4.42. The van der Waals surface area contributed by atoms with Crippen LogP contribution in [0, 0.1) is 0 Å². The largest absolute Gasteiger partial charge is 0.495 e. The first-order valence-electron chi connectivity index (χ1n) is 6.27. The zero-order valence-electron chi connectivity index (χ0n) is 11.8. The second kappa shape index (κ2) is 6.37. The predicted molar refractivity (Wildman–Crippen MR) is 84.6 cm³/mol. The Kier molecular flexibility index (Phi) is 4.75. The van der Waals surface area contributed by atoms with Crippen molar-refractivity contribution >= 4 is 27.3 Å². The molecule has 0 amide bonds. The number of anilines is 1. The first-order chi connectivity index (χ1) is 10.0. The third kappa shape index (κ3) is 3.14. The lowest BCUT2D eigenvalue weighted by Gasteiger charge is -2.21. The number of halogens is 1. The fourth-order valence-corrected chi connectivity index (χ4v) is 3.31. The number of sulfonamides is 1. The number of hydrogen-bond acceptors (Lipinski definition) is 3. The molecule has 0 unspecified atom stereocenters. The van der Waals surface area contributed by atoms with E-state index in [0.29, 0.717) is 17.3 Å². The van der Waals surface area contributed by atoms with Crippen LogP contribution < -0.4 is 9.04 Å². The maximum atomic E-state index is 12.6. The Morgan fingerprint density at radius 2 is 1.71 bits per heavy atom. The maximum Gasteiger partial charge on any atom is 0.264 e. The van der Waals surface area contributed by atoms with E-state index in [-0.39, 0.29) is 4.90 Å². The molecule has 0 aromatic heterocycles. The van der Waals surface area contributed by atoms with Gasteiger partial charge in [-0.25, -0.2) is 8.42 Å². The van der Waals surface area contributed by atoms with Gasteiger partial charge in [0.25, 0.3) is 10.0 Å². The molecule has 2 aromatic carbocycles. The van der Waals surface area contributed by atoms with Crippen molar-refractivity contribution in [3.63, 3.8) is 0 Å². The lowest BCUT2D eigenvalue weighted by atomic mass is 10.2. The summed E-state index contributed by atoms with van der Waals surface area (Å²) in [6, 6.07) is 13.5. The minimum atomic E-state index is -3.64. The van der Waals surface area contributed by atoms with E-state index in [1.54, 1.807) is 48.5 Å². The molecular weight excluding hydrogens is 310 g/mol. The van der Waals surface area contributed by atoms with Crippen molar-refractivity contribution in [1.29, 1.82) is 0 Å². The molecule has 0 fully saturated rings. The smallest absolute Gasteiger partial charge is 0.264 e. The molecule has 0 bridgehead atoms. The minimum absolute atomic E-state index is 0.213. The first-order valence-corrected chi connectivity index (χ1v) is 8.25. The Balaban J connectivity index is 2.42. The van der Waals surface area contributed by atoms with Gasteiger partial charge in [0, 0.05) is 12.9 Å². The van der Waals surface area contributed by atoms with Gasteiger partial charge in [-0.2, -0.15) is 0 Å². The highest BCUT2D eigenvalue weighted by molar-refractivity contribution is 7.92. The van der Waals surface area contributed by atoms with Crippen LogP contribution in [0.2, 0.25) is 0 Å². The van der Waals surface area contributed by atoms with Crippen LogP contribution in [0.4, 0.5) is 5.69 Å². The number of alkyl halides is 1. The molecule has 2 rings (SSSR count). The second-order valence-corrected chi connectivity index (χ2v) is 6.66. The third-order valence-electron chi connectivity index (χ3n) is 3.16. The summed E-state index contributed by atoms with van der Waals surface area (Å²) in [4.78, 5) is 0.213. The molecule has 0 radical (unpaired) electrons. The molecular formula is C15H16ClNO3S. The summed E-state index contributed by atoms with van der Waals surface area (Å²) in [5.41, 5.74) is 1.36. The van der Waals surface area contributed by atoms with Crippen molar-refractivity contribution in [2.24, 2.45) is 0 Å². The molecule has 2 aromatic rings. The number of methoxy groups -OCH3 is 1. The topological polar surface area (TPSA) is 46.6 Å². The van der Waals surface area contributed by atoms with Crippen molar-refractivity contribution in [1.82, 2.24) is 0 Å². The zero-order chi connectivity index (χ0) is 15.5. The van der Waals surface area contributed by atoms with Gasteiger partial charge in [-0.05, 0) is 29.8 Å². The number of rotatable bonds is 5. The lowest BCUT2D eigenvalue weighted by molar-refractivity contribution is 0.416. The number of ether oxygens (including phenoxy) is 1. The van der Waals surface area contributed by atoms with Gasteiger partial charge in [0.2, 0.25) is 0 Å². The molecule has 0 aliphatic carbocycles. The Morgan fingerprint density at radius 3 is 2.29 bits per heavy atom. The van der Waals surface area contributed by atoms with Crippen molar-refractivity contribution in [3.8, 4) is 5.75 Å². The highest BCUT2D eigenvalue weighted by Gasteiger charge is 2.23. The van der Waals surface area contributed by atoms with Crippen LogP contribution in [0.15, 0.2) is 53.4 Å². The fraction of sp³-hybridized carbons (Fsp3) is 0.200. The van der Waals surface area contributed by atoms with Crippen molar-refractivity contribution in [2.75, 3.05) is 18.5 Å². The number of para-hydroxylation sites is 2. The van der Waals surface area contributed by atoms with Crippen molar-refractivity contribution in [2.45, 2.75) is 10.8 Å². The number of nitrogens with zero attached hydrogens (tertiary/aromatic N) is 1. The Hall–Kier alpha value is -1.72. The number of hydrogen-bond donors (Lipinski definition) is 0. The third-order valence-corrected chi connectivity index (χ3v) is 5.25. The molecule has 0 saturated heterocycles. The van der Waals surface area contributed by atoms with E-state index < -0.39 is 10.0 Å². The van der Waals surface area contributed by atoms with Crippen LogP contribution in [0.3, 0.4) is 0 Å². The van der Waals surface area contributed by atoms with E-state index in [2.05, 4.69) is 0 Å². The SMILES string of the molecule is COc1ccccc1N(C)S(=O)(=O)c1ccc(CCl)cc1. The normalized spacial score (nSPS) is 11.2. The highest BCUT2D eigenvalue weighted by Crippen LogP contribution is 2.30. The molecule has 0 atom stereocenters. The molecule has 0 aliphatic rings. The molecule has 0 heterocycles. The molecule has 0 N–H and O–H groups in total. The average Bonchev–Trinajstić information content (AvgIpc) is 2.54. The standard InChI is InChI=1S/C15H16ClNO3S/c1-17(14-5-3-4-6-15(14)20-2)21(18,19)13-9-7-12(11-16)8-10-13/h3-10H,11H2,1-2H3. The van der Waals surface area contributed by atoms with Gasteiger partial charge in [0.15, 0.2) is 0 Å². The fourth-order valence-electron chi connectivity index (χ4n) is 1.93. The van der Waals surface area contributed by atoms with Crippen LogP contribution in [-0.2, 0) is 15.9 Å². The molecule has 0 saturated carbocycles. The maximum absolute atomic E-state index is 12.6. The summed E-state index contributed by atoms with van der Waals surface area (Å²) in [6.07, 6.45) is 0. The van der Waals surface area contributed by atoms with E-state index in [0.717, 1.165) is 5.56 Å². The van der Waals surface area contributed by atoms with E-state index >= 15 is 0 Å². The summed E-state index contributed by atoms with van der Waals surface area (Å²) in [5, 5.41) is 0. The summed E-state index contributed by atoms with van der Waals surface area (Å²) in [6.45, 7) is 0. The molecule has 21 heavy (non-hydrogen) atoms. The van der Waals surface area contributed by atoms with E-state index in [9.17, 15) is 8.42 Å². The van der Waals surface area contributed by atoms with Gasteiger partial charge < -0.3 is 4.74 Å². The van der Waals surface area contributed by atoms with Gasteiger partial charge in [-0.3, -0.25) is 4.31 Å². The van der Waals surface area contributed by atoms with E-state index in [1.807, 2.05) is 0 Å². The van der Waals surface area contributed by atoms with E-state index in [4.69, 9.17) is 16.3 Å². The monoisotopic (exact) mass is 325 g/mol. The quantitative estimate of drug-likeness (QED) is 0.793. The molecule has 6 heteroatoms. The zero-order valence-corrected chi connectivity index (χ0v) is 13.4. The molecule has 112 valence electrons. The van der Waals surface area contributed by atoms with Gasteiger partial charge in [0.1, 0.15) is 5.75 Å². The van der Waals surface area contributed by atoms with Gasteiger partial charge in [0.05, 0.1) is 17.7 Å². The Labute approximate surface area is 130 Å².